The molecule has 2 N–H and O–H groups in total. The van der Waals surface area contributed by atoms with Gasteiger partial charge in [0.25, 0.3) is 0 Å². The van der Waals surface area contributed by atoms with Crippen molar-refractivity contribution >= 4 is 23.0 Å². The van der Waals surface area contributed by atoms with Gasteiger partial charge in [-0.05, 0) is 34.1 Å². The molecule has 0 aromatic carbocycles. The van der Waals surface area contributed by atoms with Crippen LogP contribution in [-0.2, 0) is 17.3 Å². The lowest BCUT2D eigenvalue weighted by atomic mass is 10.0. The molecule has 0 saturated heterocycles. The first-order valence-corrected chi connectivity index (χ1v) is 8.95. The van der Waals surface area contributed by atoms with E-state index in [1.165, 1.54) is 0 Å². The minimum Gasteiger partial charge on any atom is -0.387 e. The molecular weight excluding hydrogens is 425 g/mol. The van der Waals surface area contributed by atoms with Crippen molar-refractivity contribution in [1.82, 2.24) is 5.32 Å². The van der Waals surface area contributed by atoms with Gasteiger partial charge < -0.3 is 22.6 Å². The van der Waals surface area contributed by atoms with E-state index in [9.17, 15) is 0 Å². The molecule has 0 atom stereocenters. The standard InChI is InChI=1S/C16H32IN3O4/c1-15(2,6-9-22-16(3,4)7-10-24-17)23-11-8-19-12-14(20-18)13-21-5/h12,18-19H,6-11,13H2,1-5H3/b14-12-,20-18?. The highest BCUT2D eigenvalue weighted by Crippen LogP contribution is 2.19. The molecule has 7 nitrogen and oxygen atoms in total. The molecule has 0 saturated carbocycles. The van der Waals surface area contributed by atoms with Crippen LogP contribution in [0.4, 0.5) is 0 Å². The molecule has 0 aromatic heterocycles. The fourth-order valence-electron chi connectivity index (χ4n) is 1.83. The Hall–Kier alpha value is -0.290. The van der Waals surface area contributed by atoms with Crippen molar-refractivity contribution < 1.29 is 17.3 Å². The lowest BCUT2D eigenvalue weighted by molar-refractivity contribution is -0.0749. The second kappa shape index (κ2) is 13.0. The molecule has 142 valence electrons. The van der Waals surface area contributed by atoms with Gasteiger partial charge in [0.2, 0.25) is 0 Å². The lowest BCUT2D eigenvalue weighted by Gasteiger charge is -2.29. The number of hydrogen-bond donors (Lipinski definition) is 2. The molecule has 0 unspecified atom stereocenters. The van der Waals surface area contributed by atoms with Crippen molar-refractivity contribution in [2.45, 2.75) is 51.7 Å². The molecule has 0 aliphatic rings. The number of methoxy groups -OCH3 is 1. The summed E-state index contributed by atoms with van der Waals surface area (Å²) in [4.78, 5) is 0. The zero-order valence-corrected chi connectivity index (χ0v) is 17.6. The van der Waals surface area contributed by atoms with Crippen molar-refractivity contribution in [3.05, 3.63) is 11.9 Å². The van der Waals surface area contributed by atoms with Gasteiger partial charge in [-0.3, -0.25) is 0 Å². The van der Waals surface area contributed by atoms with Crippen molar-refractivity contribution in [3.63, 3.8) is 0 Å². The van der Waals surface area contributed by atoms with Crippen molar-refractivity contribution in [3.8, 4) is 0 Å². The highest BCUT2D eigenvalue weighted by atomic mass is 127. The van der Waals surface area contributed by atoms with Crippen molar-refractivity contribution in [2.75, 3.05) is 40.1 Å². The van der Waals surface area contributed by atoms with Crippen LogP contribution in [0, 0.1) is 5.53 Å². The maximum Gasteiger partial charge on any atom is 0.109 e. The monoisotopic (exact) mass is 457 g/mol. The molecule has 24 heavy (non-hydrogen) atoms. The van der Waals surface area contributed by atoms with Crippen LogP contribution in [0.2, 0.25) is 0 Å². The molecule has 0 heterocycles. The van der Waals surface area contributed by atoms with Gasteiger partial charge in [0, 0.05) is 26.3 Å². The molecular formula is C16H32IN3O4. The fourth-order valence-corrected chi connectivity index (χ4v) is 2.05. The second-order valence-corrected chi connectivity index (χ2v) is 7.29. The largest absolute Gasteiger partial charge is 0.387 e. The van der Waals surface area contributed by atoms with Crippen LogP contribution in [0.3, 0.4) is 0 Å². The van der Waals surface area contributed by atoms with Crippen LogP contribution in [0.25, 0.3) is 0 Å². The third kappa shape index (κ3) is 13.1. The summed E-state index contributed by atoms with van der Waals surface area (Å²) < 4.78 is 21.8. The van der Waals surface area contributed by atoms with Crippen molar-refractivity contribution in [1.29, 1.82) is 5.53 Å². The van der Waals surface area contributed by atoms with E-state index in [1.54, 1.807) is 13.3 Å². The van der Waals surface area contributed by atoms with Gasteiger partial charge in [-0.1, -0.05) is 0 Å². The van der Waals surface area contributed by atoms with Crippen molar-refractivity contribution in [2.24, 2.45) is 5.11 Å². The zero-order chi connectivity index (χ0) is 18.5. The molecule has 0 bridgehead atoms. The average Bonchev–Trinajstić information content (AvgIpc) is 2.51. The topological polar surface area (TPSA) is 85.2 Å². The highest BCUT2D eigenvalue weighted by molar-refractivity contribution is 14.1. The van der Waals surface area contributed by atoms with Crippen LogP contribution in [-0.4, -0.2) is 51.3 Å². The summed E-state index contributed by atoms with van der Waals surface area (Å²) in [5, 5.41) is 6.44. The van der Waals surface area contributed by atoms with Gasteiger partial charge in [0.15, 0.2) is 0 Å². The number of nitrogens with one attached hydrogen (secondary N) is 2. The Morgan fingerprint density at radius 1 is 1.08 bits per heavy atom. The molecule has 0 fully saturated rings. The lowest BCUT2D eigenvalue weighted by Crippen LogP contribution is -2.33. The third-order valence-electron chi connectivity index (χ3n) is 3.42. The molecule has 0 aromatic rings. The van der Waals surface area contributed by atoms with Crippen LogP contribution < -0.4 is 5.32 Å². The van der Waals surface area contributed by atoms with Gasteiger partial charge in [0.1, 0.15) is 28.7 Å². The molecule has 0 aliphatic carbocycles. The summed E-state index contributed by atoms with van der Waals surface area (Å²) in [5.41, 5.74) is 7.10. The number of rotatable bonds is 15. The number of nitrogens with zero attached hydrogens (tertiary/aromatic N) is 1. The highest BCUT2D eigenvalue weighted by Gasteiger charge is 2.22. The minimum absolute atomic E-state index is 0.189. The van der Waals surface area contributed by atoms with Crippen LogP contribution in [0.15, 0.2) is 17.0 Å². The molecule has 8 heteroatoms. The maximum absolute atomic E-state index is 6.99. The predicted octanol–water partition coefficient (Wildman–Crippen LogP) is 3.83. The van der Waals surface area contributed by atoms with E-state index < -0.39 is 0 Å². The van der Waals surface area contributed by atoms with Gasteiger partial charge in [-0.2, -0.15) is 5.11 Å². The Morgan fingerprint density at radius 2 is 1.67 bits per heavy atom. The molecule has 0 amide bonds. The summed E-state index contributed by atoms with van der Waals surface area (Å²) >= 11 is 1.90. The first kappa shape index (κ1) is 23.7. The van der Waals surface area contributed by atoms with Gasteiger partial charge >= 0.3 is 0 Å². The number of ether oxygens (including phenoxy) is 3. The molecule has 0 spiro atoms. The predicted molar refractivity (Wildman–Crippen MR) is 102 cm³/mol. The second-order valence-electron chi connectivity index (χ2n) is 6.66. The Labute approximate surface area is 160 Å². The Balaban J connectivity index is 3.95. The molecule has 0 aliphatic heterocycles. The summed E-state index contributed by atoms with van der Waals surface area (Å²) in [6, 6.07) is 0. The first-order valence-electron chi connectivity index (χ1n) is 8.06. The van der Waals surface area contributed by atoms with Gasteiger partial charge in [0.05, 0.1) is 37.6 Å². The Kier molecular flexibility index (Phi) is 12.8. The van der Waals surface area contributed by atoms with Crippen LogP contribution in [0.1, 0.15) is 40.5 Å². The fraction of sp³-hybridized carbons (Fsp3) is 0.875. The Morgan fingerprint density at radius 3 is 2.21 bits per heavy atom. The quantitative estimate of drug-likeness (QED) is 0.222. The SMILES string of the molecule is COC/C(=C/NCCOC(C)(C)CCOC(C)(C)CCOI)N=N. The third-order valence-corrected chi connectivity index (χ3v) is 3.86. The summed E-state index contributed by atoms with van der Waals surface area (Å²) in [6.07, 6.45) is 3.35. The number of hydrogen-bond acceptors (Lipinski definition) is 7. The zero-order valence-electron chi connectivity index (χ0n) is 15.5. The van der Waals surface area contributed by atoms with E-state index >= 15 is 0 Å². The normalized spacial score (nSPS) is 13.2. The van der Waals surface area contributed by atoms with E-state index in [0.717, 1.165) is 12.8 Å². The van der Waals surface area contributed by atoms with Gasteiger partial charge in [-0.25, -0.2) is 5.53 Å². The molecule has 0 radical (unpaired) electrons. The summed E-state index contributed by atoms with van der Waals surface area (Å²) in [7, 11) is 1.57. The summed E-state index contributed by atoms with van der Waals surface area (Å²) in [5.74, 6) is 0. The van der Waals surface area contributed by atoms with Gasteiger partial charge in [-0.15, -0.1) is 0 Å². The maximum atomic E-state index is 6.99. The van der Waals surface area contributed by atoms with E-state index in [1.807, 2.05) is 23.0 Å². The first-order chi connectivity index (χ1) is 11.3. The Bertz CT molecular complexity index is 376. The van der Waals surface area contributed by atoms with E-state index in [2.05, 4.69) is 38.1 Å². The summed E-state index contributed by atoms with van der Waals surface area (Å²) in [6.45, 7) is 11.1. The minimum atomic E-state index is -0.254. The van der Waals surface area contributed by atoms with Crippen LogP contribution in [0.5, 0.6) is 0 Å². The van der Waals surface area contributed by atoms with E-state index in [0.29, 0.717) is 38.7 Å². The smallest absolute Gasteiger partial charge is 0.109 e. The van der Waals surface area contributed by atoms with E-state index in [-0.39, 0.29) is 11.2 Å². The van der Waals surface area contributed by atoms with E-state index in [4.69, 9.17) is 22.8 Å². The van der Waals surface area contributed by atoms with Crippen LogP contribution >= 0.6 is 23.0 Å². The molecule has 0 rings (SSSR count). The average molecular weight is 457 g/mol. The number of halogens is 1.